The molecule has 25 heavy (non-hydrogen) atoms. The lowest BCUT2D eigenvalue weighted by molar-refractivity contribution is -0.130. The van der Waals surface area contributed by atoms with Crippen molar-refractivity contribution in [1.29, 1.82) is 0 Å². The third kappa shape index (κ3) is 4.08. The first-order valence-corrected chi connectivity index (χ1v) is 7.31. The number of rotatable bonds is 5. The van der Waals surface area contributed by atoms with Crippen LogP contribution >= 0.6 is 0 Å². The molecule has 0 unspecified atom stereocenters. The quantitative estimate of drug-likeness (QED) is 0.666. The van der Waals surface area contributed by atoms with Crippen molar-refractivity contribution in [2.75, 3.05) is 6.61 Å². The number of hydrogen-bond donors (Lipinski definition) is 1. The second-order valence-corrected chi connectivity index (χ2v) is 5.17. The predicted octanol–water partition coefficient (Wildman–Crippen LogP) is 2.03. The number of ether oxygens (including phenoxy) is 2. The summed E-state index contributed by atoms with van der Waals surface area (Å²) in [6.07, 6.45) is 1.55. The Morgan fingerprint density at radius 1 is 1.16 bits per heavy atom. The Bertz CT molecular complexity index is 871. The minimum Gasteiger partial charge on any atom is -0.484 e. The van der Waals surface area contributed by atoms with Gasteiger partial charge in [-0.25, -0.2) is 14.2 Å². The highest BCUT2D eigenvalue weighted by atomic mass is 19.1. The Labute approximate surface area is 142 Å². The van der Waals surface area contributed by atoms with Gasteiger partial charge in [-0.1, -0.05) is 12.1 Å². The first-order valence-electron chi connectivity index (χ1n) is 7.31. The zero-order chi connectivity index (χ0) is 17.8. The van der Waals surface area contributed by atoms with E-state index in [-0.39, 0.29) is 24.0 Å². The summed E-state index contributed by atoms with van der Waals surface area (Å²) in [5.74, 6) is -0.942. The molecule has 0 aliphatic carbocycles. The van der Waals surface area contributed by atoms with Crippen LogP contribution in [-0.4, -0.2) is 24.4 Å². The molecule has 7 heteroatoms. The van der Waals surface area contributed by atoms with E-state index >= 15 is 0 Å². The van der Waals surface area contributed by atoms with Gasteiger partial charge in [0.25, 0.3) is 5.91 Å². The van der Waals surface area contributed by atoms with E-state index in [0.717, 1.165) is 0 Å². The zero-order valence-electron chi connectivity index (χ0n) is 12.9. The second-order valence-electron chi connectivity index (χ2n) is 5.17. The molecule has 1 heterocycles. The molecule has 2 N–H and O–H groups in total. The first-order chi connectivity index (χ1) is 12.0. The summed E-state index contributed by atoms with van der Waals surface area (Å²) in [6, 6.07) is 12.2. The molecular formula is C18H13FN2O4. The number of nitrogens with two attached hydrogens (primary N) is 1. The van der Waals surface area contributed by atoms with Crippen LogP contribution in [0.4, 0.5) is 4.39 Å². The molecule has 0 saturated heterocycles. The third-order valence-electron chi connectivity index (χ3n) is 3.28. The summed E-state index contributed by atoms with van der Waals surface area (Å²) in [5.41, 5.74) is 6.34. The van der Waals surface area contributed by atoms with Crippen molar-refractivity contribution in [1.82, 2.24) is 0 Å². The van der Waals surface area contributed by atoms with Crippen LogP contribution in [0, 0.1) is 5.82 Å². The normalized spacial score (nSPS) is 15.0. The van der Waals surface area contributed by atoms with Crippen molar-refractivity contribution in [3.8, 4) is 5.75 Å². The van der Waals surface area contributed by atoms with Gasteiger partial charge in [0.1, 0.15) is 11.6 Å². The molecule has 0 radical (unpaired) electrons. The monoisotopic (exact) mass is 340 g/mol. The highest BCUT2D eigenvalue weighted by Crippen LogP contribution is 2.20. The van der Waals surface area contributed by atoms with E-state index in [1.807, 2.05) is 0 Å². The average molecular weight is 340 g/mol. The van der Waals surface area contributed by atoms with E-state index in [4.69, 9.17) is 15.2 Å². The minimum atomic E-state index is -0.589. The van der Waals surface area contributed by atoms with E-state index in [1.54, 1.807) is 30.3 Å². The summed E-state index contributed by atoms with van der Waals surface area (Å²) >= 11 is 0. The van der Waals surface area contributed by atoms with E-state index < -0.39 is 11.9 Å². The van der Waals surface area contributed by atoms with Crippen LogP contribution in [0.15, 0.2) is 59.2 Å². The number of benzene rings is 2. The van der Waals surface area contributed by atoms with Crippen LogP contribution in [0.3, 0.4) is 0 Å². The average Bonchev–Trinajstić information content (AvgIpc) is 2.95. The lowest BCUT2D eigenvalue weighted by atomic mass is 10.2. The Kier molecular flexibility index (Phi) is 4.56. The fraction of sp³-hybridized carbons (Fsp3) is 0.0556. The minimum absolute atomic E-state index is 0.123. The van der Waals surface area contributed by atoms with Crippen molar-refractivity contribution in [3.63, 3.8) is 0 Å². The van der Waals surface area contributed by atoms with Gasteiger partial charge in [-0.15, -0.1) is 0 Å². The highest BCUT2D eigenvalue weighted by molar-refractivity contribution is 6.12. The molecule has 0 spiro atoms. The number of hydrogen-bond acceptors (Lipinski definition) is 5. The molecule has 3 rings (SSSR count). The number of primary amides is 1. The van der Waals surface area contributed by atoms with E-state index in [2.05, 4.69) is 4.99 Å². The lowest BCUT2D eigenvalue weighted by Crippen LogP contribution is -2.19. The Hall–Kier alpha value is -3.48. The molecular weight excluding hydrogens is 327 g/mol. The molecule has 0 bridgehead atoms. The van der Waals surface area contributed by atoms with Crippen LogP contribution in [0.25, 0.3) is 6.08 Å². The molecule has 2 aromatic rings. The number of cyclic esters (lactones) is 1. The lowest BCUT2D eigenvalue weighted by Gasteiger charge is -2.03. The number of aliphatic imine (C=N–C) groups is 1. The van der Waals surface area contributed by atoms with E-state index in [1.165, 1.54) is 24.3 Å². The number of carbonyl (C=O) groups is 2. The summed E-state index contributed by atoms with van der Waals surface area (Å²) in [4.78, 5) is 26.7. The van der Waals surface area contributed by atoms with E-state index in [0.29, 0.717) is 16.9 Å². The van der Waals surface area contributed by atoms with Crippen LogP contribution in [0.1, 0.15) is 11.1 Å². The van der Waals surface area contributed by atoms with Gasteiger partial charge in [-0.2, -0.15) is 0 Å². The molecule has 1 aliphatic rings. The molecule has 126 valence electrons. The number of nitrogens with zero attached hydrogens (tertiary/aromatic N) is 1. The molecule has 6 nitrogen and oxygen atoms in total. The van der Waals surface area contributed by atoms with Gasteiger partial charge in [0.05, 0.1) is 0 Å². The SMILES string of the molecule is NC(=O)COc1ccc(C=C2N=C(c3ccc(F)cc3)OC2=O)cc1. The Morgan fingerprint density at radius 2 is 1.84 bits per heavy atom. The third-order valence-corrected chi connectivity index (χ3v) is 3.28. The van der Waals surface area contributed by atoms with Crippen LogP contribution < -0.4 is 10.5 Å². The van der Waals surface area contributed by atoms with Gasteiger partial charge in [0.15, 0.2) is 12.3 Å². The predicted molar refractivity (Wildman–Crippen MR) is 88.1 cm³/mol. The number of halogens is 1. The summed E-state index contributed by atoms with van der Waals surface area (Å²) in [5, 5.41) is 0. The van der Waals surface area contributed by atoms with Gasteiger partial charge in [0, 0.05) is 5.56 Å². The first kappa shape index (κ1) is 16.4. The maximum atomic E-state index is 13.0. The van der Waals surface area contributed by atoms with Crippen molar-refractivity contribution < 1.29 is 23.5 Å². The smallest absolute Gasteiger partial charge is 0.363 e. The van der Waals surface area contributed by atoms with Gasteiger partial charge in [-0.3, -0.25) is 4.79 Å². The standard InChI is InChI=1S/C18H13FN2O4/c19-13-5-3-12(4-6-13)17-21-15(18(23)25-17)9-11-1-7-14(8-2-11)24-10-16(20)22/h1-9H,10H2,(H2,20,22). The van der Waals surface area contributed by atoms with E-state index in [9.17, 15) is 14.0 Å². The van der Waals surface area contributed by atoms with Gasteiger partial charge >= 0.3 is 5.97 Å². The second kappa shape index (κ2) is 6.96. The van der Waals surface area contributed by atoms with Crippen molar-refractivity contribution in [3.05, 3.63) is 71.2 Å². The fourth-order valence-corrected chi connectivity index (χ4v) is 2.10. The van der Waals surface area contributed by atoms with Gasteiger partial charge < -0.3 is 15.2 Å². The molecule has 0 saturated carbocycles. The van der Waals surface area contributed by atoms with Crippen LogP contribution in [-0.2, 0) is 14.3 Å². The maximum Gasteiger partial charge on any atom is 0.363 e. The number of carbonyl (C=O) groups excluding carboxylic acids is 2. The molecule has 0 fully saturated rings. The number of amides is 1. The highest BCUT2D eigenvalue weighted by Gasteiger charge is 2.24. The molecule has 1 amide bonds. The summed E-state index contributed by atoms with van der Waals surface area (Å²) < 4.78 is 23.2. The number of esters is 1. The van der Waals surface area contributed by atoms with Crippen molar-refractivity contribution in [2.45, 2.75) is 0 Å². The fourth-order valence-electron chi connectivity index (χ4n) is 2.10. The Morgan fingerprint density at radius 3 is 2.48 bits per heavy atom. The molecule has 1 aliphatic heterocycles. The van der Waals surface area contributed by atoms with Gasteiger partial charge in [0.2, 0.25) is 5.90 Å². The maximum absolute atomic E-state index is 13.0. The van der Waals surface area contributed by atoms with Crippen LogP contribution in [0.5, 0.6) is 5.75 Å². The largest absolute Gasteiger partial charge is 0.484 e. The summed E-state index contributed by atoms with van der Waals surface area (Å²) in [7, 11) is 0. The topological polar surface area (TPSA) is 91.0 Å². The Balaban J connectivity index is 1.77. The van der Waals surface area contributed by atoms with Gasteiger partial charge in [-0.05, 0) is 48.0 Å². The van der Waals surface area contributed by atoms with Crippen molar-refractivity contribution in [2.24, 2.45) is 10.7 Å². The molecule has 0 aromatic heterocycles. The van der Waals surface area contributed by atoms with Crippen molar-refractivity contribution >= 4 is 23.9 Å². The molecule has 2 aromatic carbocycles. The summed E-state index contributed by atoms with van der Waals surface area (Å²) in [6.45, 7) is -0.210. The van der Waals surface area contributed by atoms with Crippen LogP contribution in [0.2, 0.25) is 0 Å². The molecule has 0 atom stereocenters. The zero-order valence-corrected chi connectivity index (χ0v) is 12.9.